The molecule has 3 rings (SSSR count). The molecule has 1 aromatic heterocycles. The molecule has 0 bridgehead atoms. The molecule has 178 valence electrons. The number of halogens is 3. The highest BCUT2D eigenvalue weighted by atomic mass is 19.4. The third-order valence-corrected chi connectivity index (χ3v) is 4.43. The minimum atomic E-state index is -4.51. The molecule has 33 heavy (non-hydrogen) atoms. The third kappa shape index (κ3) is 6.36. The molecule has 1 aliphatic heterocycles. The number of benzene rings is 1. The van der Waals surface area contributed by atoms with E-state index >= 15 is 0 Å². The summed E-state index contributed by atoms with van der Waals surface area (Å²) < 4.78 is 42.3. The van der Waals surface area contributed by atoms with E-state index in [2.05, 4.69) is 26.0 Å². The number of amides is 1. The Morgan fingerprint density at radius 1 is 1.21 bits per heavy atom. The summed E-state index contributed by atoms with van der Waals surface area (Å²) in [6.45, 7) is 1.44. The maximum atomic E-state index is 12.4. The first-order chi connectivity index (χ1) is 15.5. The smallest absolute Gasteiger partial charge is 0.405 e. The monoisotopic (exact) mass is 467 g/mol. The Kier molecular flexibility index (Phi) is 6.78. The first-order valence-electron chi connectivity index (χ1n) is 9.66. The number of carbonyl (C=O) groups is 1. The summed E-state index contributed by atoms with van der Waals surface area (Å²) in [4.78, 5) is 20.4. The van der Waals surface area contributed by atoms with Gasteiger partial charge in [-0.1, -0.05) is 5.23 Å². The average Bonchev–Trinajstić information content (AvgIpc) is 3.11. The van der Waals surface area contributed by atoms with Gasteiger partial charge in [0.15, 0.2) is 5.82 Å². The normalized spacial score (nSPS) is 14.4. The van der Waals surface area contributed by atoms with Gasteiger partial charge in [0.25, 0.3) is 0 Å². The second-order valence-corrected chi connectivity index (χ2v) is 7.51. The lowest BCUT2D eigenvalue weighted by Crippen LogP contribution is -2.50. The van der Waals surface area contributed by atoms with Crippen molar-refractivity contribution >= 4 is 23.2 Å². The van der Waals surface area contributed by atoms with Crippen molar-refractivity contribution in [1.29, 1.82) is 0 Å². The van der Waals surface area contributed by atoms with Gasteiger partial charge in [0, 0.05) is 11.8 Å². The van der Waals surface area contributed by atoms with Gasteiger partial charge in [-0.2, -0.15) is 13.2 Å². The van der Waals surface area contributed by atoms with Gasteiger partial charge in [-0.25, -0.2) is 20.8 Å². The lowest BCUT2D eigenvalue weighted by atomic mass is 10.0. The van der Waals surface area contributed by atoms with Crippen LogP contribution < -0.4 is 37.0 Å². The Bertz CT molecular complexity index is 1010. The van der Waals surface area contributed by atoms with Crippen LogP contribution in [0.2, 0.25) is 0 Å². The maximum Gasteiger partial charge on any atom is 0.405 e. The average molecular weight is 467 g/mol. The summed E-state index contributed by atoms with van der Waals surface area (Å²) in [7, 11) is 1.58. The molecule has 0 radical (unpaired) electrons. The molecule has 0 atom stereocenters. The number of hydrogen-bond donors (Lipinski definition) is 5. The minimum absolute atomic E-state index is 0.213. The highest BCUT2D eigenvalue weighted by Crippen LogP contribution is 2.23. The second kappa shape index (κ2) is 9.38. The summed E-state index contributed by atoms with van der Waals surface area (Å²) in [6, 6.07) is 8.73. The summed E-state index contributed by atoms with van der Waals surface area (Å²) >= 11 is 0. The molecule has 0 saturated heterocycles. The zero-order valence-corrected chi connectivity index (χ0v) is 18.1. The largest absolute Gasteiger partial charge is 0.497 e. The first kappa shape index (κ1) is 23.9. The number of anilines is 3. The Hall–Kier alpha value is -3.78. The van der Waals surface area contributed by atoms with Crippen LogP contribution in [0.4, 0.5) is 30.5 Å². The van der Waals surface area contributed by atoms with Crippen LogP contribution >= 0.6 is 0 Å². The van der Waals surface area contributed by atoms with Gasteiger partial charge in [-0.05, 0) is 38.1 Å². The van der Waals surface area contributed by atoms with Gasteiger partial charge in [0.1, 0.15) is 35.8 Å². The van der Waals surface area contributed by atoms with Gasteiger partial charge in [-0.3, -0.25) is 10.2 Å². The number of ether oxygens (including phenoxy) is 1. The number of nitrogens with zero attached hydrogens (tertiary/aromatic N) is 4. The Morgan fingerprint density at radius 3 is 2.55 bits per heavy atom. The molecule has 0 fully saturated rings. The molecular weight excluding hydrogens is 443 g/mol. The summed E-state index contributed by atoms with van der Waals surface area (Å²) in [5, 5.41) is 10.4. The number of alkyl halides is 3. The summed E-state index contributed by atoms with van der Waals surface area (Å²) in [6.07, 6.45) is -1.64. The van der Waals surface area contributed by atoms with Gasteiger partial charge in [-0.15, -0.1) is 0 Å². The lowest BCUT2D eigenvalue weighted by molar-refractivity contribution is -0.140. The van der Waals surface area contributed by atoms with E-state index in [9.17, 15) is 18.0 Å². The fourth-order valence-corrected chi connectivity index (χ4v) is 2.78. The number of hydrogen-bond acceptors (Lipinski definition) is 10. The van der Waals surface area contributed by atoms with Gasteiger partial charge in [0.2, 0.25) is 5.91 Å². The molecule has 6 N–H and O–H groups in total. The van der Waals surface area contributed by atoms with E-state index in [1.807, 2.05) is 17.4 Å². The van der Waals surface area contributed by atoms with Crippen LogP contribution in [-0.2, 0) is 4.79 Å². The van der Waals surface area contributed by atoms with Crippen molar-refractivity contribution in [3.05, 3.63) is 48.7 Å². The Morgan fingerprint density at radius 2 is 1.91 bits per heavy atom. The van der Waals surface area contributed by atoms with Crippen LogP contribution in [0.15, 0.2) is 48.7 Å². The summed E-state index contributed by atoms with van der Waals surface area (Å²) in [5.41, 5.74) is 2.30. The van der Waals surface area contributed by atoms with Crippen molar-refractivity contribution in [1.82, 2.24) is 25.9 Å². The van der Waals surface area contributed by atoms with Gasteiger partial charge in [0.05, 0.1) is 13.3 Å². The predicted octanol–water partition coefficient (Wildman–Crippen LogP) is 1.68. The number of carbonyl (C=O) groups excluding carboxylic acids is 1. The second-order valence-electron chi connectivity index (χ2n) is 7.51. The Balaban J connectivity index is 1.69. The van der Waals surface area contributed by atoms with Crippen molar-refractivity contribution in [2.24, 2.45) is 5.84 Å². The number of hydrazine groups is 3. The molecule has 0 unspecified atom stereocenters. The molecule has 0 saturated carbocycles. The van der Waals surface area contributed by atoms with Crippen LogP contribution in [0.3, 0.4) is 0 Å². The fraction of sp³-hybridized carbons (Fsp3) is 0.316. The van der Waals surface area contributed by atoms with E-state index in [1.54, 1.807) is 25.4 Å². The van der Waals surface area contributed by atoms with Crippen molar-refractivity contribution in [2.75, 3.05) is 29.3 Å². The zero-order valence-electron chi connectivity index (χ0n) is 18.1. The van der Waals surface area contributed by atoms with Crippen molar-refractivity contribution < 1.29 is 22.7 Å². The SMILES string of the molecule is COc1ccc(NC2=CN(c3cc(NC(C)(C)C(=O)NCC(F)(F)F)ncn3)N(N)N2)cc1. The van der Waals surface area contributed by atoms with E-state index in [0.717, 1.165) is 5.69 Å². The number of nitrogens with two attached hydrogens (primary N) is 1. The standard InChI is InChI=1S/C19H24F3N9O2/c1-18(2,17(32)24-10-19(20,21)22)28-14-8-16(26-11-25-14)30-9-15(29-31(30)23)27-12-4-6-13(33-3)7-5-12/h4-9,11,27,29H,10,23H2,1-3H3,(H,24,32)(H,25,26,28). The van der Waals surface area contributed by atoms with E-state index in [4.69, 9.17) is 10.6 Å². The minimum Gasteiger partial charge on any atom is -0.497 e. The molecule has 14 heteroatoms. The van der Waals surface area contributed by atoms with E-state index < -0.39 is 24.2 Å². The Labute approximate surface area is 187 Å². The van der Waals surface area contributed by atoms with Crippen LogP contribution in [0.1, 0.15) is 13.8 Å². The predicted molar refractivity (Wildman–Crippen MR) is 115 cm³/mol. The highest BCUT2D eigenvalue weighted by molar-refractivity contribution is 5.88. The number of aromatic nitrogens is 2. The molecule has 0 spiro atoms. The van der Waals surface area contributed by atoms with Crippen LogP contribution in [0, 0.1) is 0 Å². The van der Waals surface area contributed by atoms with Crippen LogP contribution in [-0.4, -0.2) is 46.5 Å². The molecule has 2 aromatic rings. The highest BCUT2D eigenvalue weighted by Gasteiger charge is 2.33. The molecule has 2 heterocycles. The maximum absolute atomic E-state index is 12.4. The topological polar surface area (TPSA) is 133 Å². The zero-order chi connectivity index (χ0) is 24.2. The quantitative estimate of drug-likeness (QED) is 0.365. The van der Waals surface area contributed by atoms with E-state index in [-0.39, 0.29) is 5.82 Å². The summed E-state index contributed by atoms with van der Waals surface area (Å²) in [5.74, 6) is 6.96. The number of methoxy groups -OCH3 is 1. The van der Waals surface area contributed by atoms with Crippen LogP contribution in [0.25, 0.3) is 0 Å². The molecule has 0 aliphatic carbocycles. The van der Waals surface area contributed by atoms with Gasteiger partial charge < -0.3 is 20.7 Å². The van der Waals surface area contributed by atoms with E-state index in [1.165, 1.54) is 36.5 Å². The van der Waals surface area contributed by atoms with Gasteiger partial charge >= 0.3 is 6.18 Å². The fourth-order valence-electron chi connectivity index (χ4n) is 2.78. The van der Waals surface area contributed by atoms with Crippen molar-refractivity contribution in [3.63, 3.8) is 0 Å². The molecule has 1 amide bonds. The molecule has 1 aliphatic rings. The van der Waals surface area contributed by atoms with E-state index in [0.29, 0.717) is 17.4 Å². The van der Waals surface area contributed by atoms with Crippen LogP contribution in [0.5, 0.6) is 5.75 Å². The number of nitrogens with one attached hydrogen (secondary N) is 4. The third-order valence-electron chi connectivity index (χ3n) is 4.43. The first-order valence-corrected chi connectivity index (χ1v) is 9.66. The molecule has 11 nitrogen and oxygen atoms in total. The number of rotatable bonds is 8. The molecule has 1 aromatic carbocycles. The van der Waals surface area contributed by atoms with Crippen molar-refractivity contribution in [3.8, 4) is 5.75 Å². The lowest BCUT2D eigenvalue weighted by Gasteiger charge is -2.27. The van der Waals surface area contributed by atoms with Crippen molar-refractivity contribution in [2.45, 2.75) is 25.6 Å². The molecular formula is C19H24F3N9O2.